The maximum absolute atomic E-state index is 5.42. The smallest absolute Gasteiger partial charge is 0.235 e. The third-order valence-electron chi connectivity index (χ3n) is 30.0. The van der Waals surface area contributed by atoms with Crippen molar-refractivity contribution in [2.75, 3.05) is 0 Å². The zero-order valence-corrected chi connectivity index (χ0v) is 82.4. The van der Waals surface area contributed by atoms with Crippen LogP contribution in [0.5, 0.6) is 0 Å². The molecule has 0 N–H and O–H groups in total. The second-order valence-corrected chi connectivity index (χ2v) is 41.4. The Morgan fingerprint density at radius 3 is 0.960 bits per heavy atom. The fraction of sp³-hybridized carbons (Fsp3) is 0. The molecule has 0 unspecified atom stereocenters. The van der Waals surface area contributed by atoms with Crippen LogP contribution in [0, 0.1) is 0 Å². The number of pyridine rings is 4. The molecule has 20 aromatic carbocycles. The molecule has 0 spiro atoms. The van der Waals surface area contributed by atoms with Gasteiger partial charge in [0.05, 0.1) is 95.4 Å². The molecule has 0 fully saturated rings. The standard InChI is InChI=1S/2C45H26N4S.C44H25N5S/c1-2-12-27(13-3-1)42-35-18-6-9-19-36(35)47-45(48-42)49-38-20-10-7-14-29(38)30-23-22-28(26-39(30)49)43-33-17-5-4-16-32(33)41-37(46-43)25-24-34-31-15-8-11-21-40(31)50-44(34)41;1-2-10-27(11-3-1)43-35-15-6-8-16-38(35)47-45(48-43)49-39-22-23-46-26-37(39)31-20-18-28(25-40(31)49)36-24-29-19-21-34-32-13-7-9-17-41(32)50-44(34)42(29)33-14-5-4-12-30(33)36;1-2-10-26(11-3-1)41-34-15-6-8-16-35(34)47-44(48-41)49-37-24-27(18-19-28(37)29-22-23-45-25-38(29)49)42-32-14-5-4-13-31(32)40-36(46-42)21-20-33-30-12-7-9-17-39(30)50-43(33)40/h2*1-26H;1-25H. The summed E-state index contributed by atoms with van der Waals surface area (Å²) in [6.07, 6.45) is 7.57. The van der Waals surface area contributed by atoms with Crippen molar-refractivity contribution >= 4 is 258 Å². The van der Waals surface area contributed by atoms with Crippen molar-refractivity contribution in [3.8, 4) is 85.3 Å². The second-order valence-electron chi connectivity index (χ2n) is 38.3. The largest absolute Gasteiger partial charge is 0.278 e. The summed E-state index contributed by atoms with van der Waals surface area (Å²) >= 11 is 5.59. The average Bonchev–Trinajstić information content (AvgIpc) is 1.65. The number of para-hydroxylation sites is 4. The van der Waals surface area contributed by atoms with Gasteiger partial charge in [-0.25, -0.2) is 39.9 Å². The van der Waals surface area contributed by atoms with Gasteiger partial charge < -0.3 is 0 Å². The van der Waals surface area contributed by atoms with Gasteiger partial charge in [-0.2, -0.15) is 0 Å². The molecule has 16 heteroatoms. The quantitative estimate of drug-likeness (QED) is 0.128. The normalized spacial score (nSPS) is 12.0. The van der Waals surface area contributed by atoms with Crippen molar-refractivity contribution in [3.63, 3.8) is 0 Å². The maximum Gasteiger partial charge on any atom is 0.235 e. The highest BCUT2D eigenvalue weighted by molar-refractivity contribution is 7.27. The molecule has 0 bridgehead atoms. The van der Waals surface area contributed by atoms with Gasteiger partial charge in [0.1, 0.15) is 0 Å². The molecule has 0 saturated heterocycles. The third-order valence-corrected chi connectivity index (χ3v) is 33.6. The molecule has 13 aromatic heterocycles. The third kappa shape index (κ3) is 13.5. The van der Waals surface area contributed by atoms with Crippen molar-refractivity contribution in [1.82, 2.24) is 63.5 Å². The molecule has 13 heterocycles. The minimum Gasteiger partial charge on any atom is -0.278 e. The predicted octanol–water partition coefficient (Wildman–Crippen LogP) is 35.8. The van der Waals surface area contributed by atoms with E-state index in [1.807, 2.05) is 101 Å². The molecule has 0 aliphatic rings. The molecular formula is C134H77N13S3. The van der Waals surface area contributed by atoms with Crippen LogP contribution in [0.25, 0.3) is 309 Å². The summed E-state index contributed by atoms with van der Waals surface area (Å²) in [6.45, 7) is 0. The Labute approximate surface area is 867 Å². The molecular weight excluding hydrogens is 1890 g/mol. The van der Waals surface area contributed by atoms with Crippen LogP contribution >= 0.6 is 34.0 Å². The highest BCUT2D eigenvalue weighted by atomic mass is 32.1. The van der Waals surface area contributed by atoms with E-state index in [4.69, 9.17) is 39.9 Å². The molecule has 696 valence electrons. The first-order valence-corrected chi connectivity index (χ1v) is 52.6. The van der Waals surface area contributed by atoms with Gasteiger partial charge in [-0.1, -0.05) is 352 Å². The van der Waals surface area contributed by atoms with E-state index >= 15 is 0 Å². The second kappa shape index (κ2) is 34.1. The molecule has 150 heavy (non-hydrogen) atoms. The van der Waals surface area contributed by atoms with Crippen LogP contribution in [-0.4, -0.2) is 63.5 Å². The van der Waals surface area contributed by atoms with Crippen LogP contribution in [0.1, 0.15) is 0 Å². The van der Waals surface area contributed by atoms with Crippen molar-refractivity contribution in [2.45, 2.75) is 0 Å². The van der Waals surface area contributed by atoms with E-state index in [0.29, 0.717) is 17.8 Å². The summed E-state index contributed by atoms with van der Waals surface area (Å²) in [4.78, 5) is 51.3. The Kier molecular flexibility index (Phi) is 19.4. The van der Waals surface area contributed by atoms with Crippen LogP contribution in [0.4, 0.5) is 0 Å². The number of fused-ring (bicyclic) bond motifs is 33. The summed E-state index contributed by atoms with van der Waals surface area (Å²) in [5, 5.41) is 29.8. The van der Waals surface area contributed by atoms with Gasteiger partial charge in [0.25, 0.3) is 0 Å². The number of rotatable bonds is 9. The van der Waals surface area contributed by atoms with E-state index in [1.54, 1.807) is 0 Å². The van der Waals surface area contributed by atoms with Gasteiger partial charge in [-0.3, -0.25) is 23.7 Å². The summed E-state index contributed by atoms with van der Waals surface area (Å²) in [5.74, 6) is 1.90. The summed E-state index contributed by atoms with van der Waals surface area (Å²) in [5.41, 5.74) is 23.1. The molecule has 0 amide bonds. The first kappa shape index (κ1) is 85.1. The molecule has 33 aromatic rings. The van der Waals surface area contributed by atoms with Crippen molar-refractivity contribution in [1.29, 1.82) is 0 Å². The predicted molar refractivity (Wildman–Crippen MR) is 629 cm³/mol. The van der Waals surface area contributed by atoms with Gasteiger partial charge in [0, 0.05) is 182 Å². The number of thiophene rings is 3. The molecule has 0 atom stereocenters. The van der Waals surface area contributed by atoms with E-state index in [9.17, 15) is 0 Å². The fourth-order valence-corrected chi connectivity index (χ4v) is 27.0. The highest BCUT2D eigenvalue weighted by Crippen LogP contribution is 2.51. The Morgan fingerprint density at radius 2 is 0.487 bits per heavy atom. The van der Waals surface area contributed by atoms with E-state index < -0.39 is 0 Å². The van der Waals surface area contributed by atoms with E-state index in [1.165, 1.54) is 109 Å². The maximum atomic E-state index is 5.42. The van der Waals surface area contributed by atoms with Crippen LogP contribution in [-0.2, 0) is 0 Å². The summed E-state index contributed by atoms with van der Waals surface area (Å²) in [6, 6.07) is 157. The molecule has 0 aliphatic heterocycles. The molecule has 0 radical (unpaired) electrons. The lowest BCUT2D eigenvalue weighted by molar-refractivity contribution is 1.01. The summed E-state index contributed by atoms with van der Waals surface area (Å²) in [7, 11) is 0. The first-order valence-electron chi connectivity index (χ1n) is 50.2. The number of hydrogen-bond donors (Lipinski definition) is 0. The van der Waals surface area contributed by atoms with E-state index in [2.05, 4.69) is 424 Å². The fourth-order valence-electron chi connectivity index (χ4n) is 23.2. The average molecular weight is 1970 g/mol. The van der Waals surface area contributed by atoms with Crippen molar-refractivity contribution < 1.29 is 0 Å². The van der Waals surface area contributed by atoms with E-state index in [0.717, 1.165) is 182 Å². The number of benzene rings is 20. The minimum absolute atomic E-state index is 0.608. The zero-order valence-electron chi connectivity index (χ0n) is 80.0. The number of nitrogens with zero attached hydrogens (tertiary/aromatic N) is 13. The lowest BCUT2D eigenvalue weighted by atomic mass is 9.92. The monoisotopic (exact) mass is 1960 g/mol. The van der Waals surface area contributed by atoms with Gasteiger partial charge in [0.2, 0.25) is 17.8 Å². The highest BCUT2D eigenvalue weighted by Gasteiger charge is 2.28. The van der Waals surface area contributed by atoms with E-state index in [-0.39, 0.29) is 0 Å². The van der Waals surface area contributed by atoms with Crippen LogP contribution in [0.3, 0.4) is 0 Å². The Balaban J connectivity index is 0.000000101. The van der Waals surface area contributed by atoms with Crippen molar-refractivity contribution in [3.05, 3.63) is 468 Å². The van der Waals surface area contributed by atoms with Gasteiger partial charge in [-0.05, 0) is 129 Å². The molecule has 13 nitrogen and oxygen atoms in total. The zero-order chi connectivity index (χ0) is 98.3. The van der Waals surface area contributed by atoms with Crippen LogP contribution in [0.2, 0.25) is 0 Å². The van der Waals surface area contributed by atoms with Gasteiger partial charge in [-0.15, -0.1) is 34.0 Å². The number of aromatic nitrogens is 13. The lowest BCUT2D eigenvalue weighted by Gasteiger charge is -2.14. The van der Waals surface area contributed by atoms with Crippen LogP contribution in [0.15, 0.2) is 468 Å². The Morgan fingerprint density at radius 1 is 0.167 bits per heavy atom. The first-order chi connectivity index (χ1) is 74.4. The number of hydrogen-bond acceptors (Lipinski definition) is 13. The molecule has 0 saturated carbocycles. The van der Waals surface area contributed by atoms with Crippen LogP contribution < -0.4 is 0 Å². The topological polar surface area (TPSA) is 144 Å². The summed E-state index contributed by atoms with van der Waals surface area (Å²) < 4.78 is 14.4. The Hall–Kier alpha value is -19.4. The minimum atomic E-state index is 0.608. The van der Waals surface area contributed by atoms with Gasteiger partial charge >= 0.3 is 0 Å². The lowest BCUT2D eigenvalue weighted by Crippen LogP contribution is -2.03. The van der Waals surface area contributed by atoms with Crippen molar-refractivity contribution in [2.24, 2.45) is 0 Å². The van der Waals surface area contributed by atoms with Gasteiger partial charge in [0.15, 0.2) is 0 Å². The molecule has 33 rings (SSSR count). The Bertz CT molecular complexity index is 10500. The SMILES string of the molecule is c1ccc(-c2nc(-n3c4ccccc4c4ccc(-c5nc6ccc7c8ccccc8sc7c6c6ccccc56)cc43)nc3ccccc23)cc1.c1ccc(-c2nc(-n3c4ccncc4c4ccc(-c5cc6ccc7c8ccccc8sc7c6c6ccccc56)cc43)nc3ccccc23)cc1.c1ccc(-c2nc(-n3c4cnccc4c4ccc(-c5nc6ccc7c8ccccc8sc7c6c6ccccc56)cc43)nc3ccccc23)cc1. The molecule has 0 aliphatic carbocycles.